The van der Waals surface area contributed by atoms with Crippen molar-refractivity contribution in [3.05, 3.63) is 30.1 Å². The maximum Gasteiger partial charge on any atom is 0.321 e. The van der Waals surface area contributed by atoms with Gasteiger partial charge in [0.05, 0.1) is 6.10 Å². The minimum absolute atomic E-state index is 0.110. The van der Waals surface area contributed by atoms with E-state index in [0.29, 0.717) is 44.8 Å². The molecule has 2 aliphatic rings. The van der Waals surface area contributed by atoms with Gasteiger partial charge in [-0.15, -0.1) is 0 Å². The standard InChI is InChI=1S/C18H25FN4O3/c19-14-4-6-15(7-5-14)21-18(25)23-9-2-8-22(10-11-23)17(24)20-13-16-3-1-12-26-16/h4-7,16H,1-3,8-13H2,(H,20,24)(H,21,25). The monoisotopic (exact) mass is 364 g/mol. The van der Waals surface area contributed by atoms with Crippen molar-refractivity contribution in [1.82, 2.24) is 15.1 Å². The molecule has 8 heteroatoms. The highest BCUT2D eigenvalue weighted by atomic mass is 19.1. The minimum Gasteiger partial charge on any atom is -0.376 e. The van der Waals surface area contributed by atoms with E-state index < -0.39 is 0 Å². The molecule has 26 heavy (non-hydrogen) atoms. The molecule has 0 radical (unpaired) electrons. The SMILES string of the molecule is O=C(NCC1CCCO1)N1CCCN(C(=O)Nc2ccc(F)cc2)CC1. The number of carbonyl (C=O) groups excluding carboxylic acids is 2. The van der Waals surface area contributed by atoms with Gasteiger partial charge in [0.15, 0.2) is 0 Å². The van der Waals surface area contributed by atoms with Crippen molar-refractivity contribution < 1.29 is 18.7 Å². The molecule has 7 nitrogen and oxygen atoms in total. The van der Waals surface area contributed by atoms with E-state index in [1.165, 1.54) is 24.3 Å². The topological polar surface area (TPSA) is 73.9 Å². The Labute approximate surface area is 152 Å². The fourth-order valence-electron chi connectivity index (χ4n) is 3.18. The quantitative estimate of drug-likeness (QED) is 0.864. The first-order valence-corrected chi connectivity index (χ1v) is 9.08. The second kappa shape index (κ2) is 8.84. The van der Waals surface area contributed by atoms with Gasteiger partial charge >= 0.3 is 12.1 Å². The Morgan fingerprint density at radius 3 is 2.38 bits per heavy atom. The van der Waals surface area contributed by atoms with Crippen molar-refractivity contribution in [2.45, 2.75) is 25.4 Å². The fourth-order valence-corrected chi connectivity index (χ4v) is 3.18. The summed E-state index contributed by atoms with van der Waals surface area (Å²) in [5, 5.41) is 5.68. The van der Waals surface area contributed by atoms with Crippen molar-refractivity contribution >= 4 is 17.7 Å². The second-order valence-electron chi connectivity index (χ2n) is 6.59. The van der Waals surface area contributed by atoms with Crippen LogP contribution < -0.4 is 10.6 Å². The summed E-state index contributed by atoms with van der Waals surface area (Å²) in [4.78, 5) is 28.1. The first-order chi connectivity index (χ1) is 12.6. The van der Waals surface area contributed by atoms with Crippen LogP contribution in [0, 0.1) is 5.82 Å². The average molecular weight is 364 g/mol. The number of carbonyl (C=O) groups is 2. The molecule has 0 aliphatic carbocycles. The van der Waals surface area contributed by atoms with Crippen LogP contribution in [-0.2, 0) is 4.74 Å². The number of nitrogens with zero attached hydrogens (tertiary/aromatic N) is 2. The van der Waals surface area contributed by atoms with E-state index in [4.69, 9.17) is 4.74 Å². The van der Waals surface area contributed by atoms with Crippen molar-refractivity contribution in [1.29, 1.82) is 0 Å². The van der Waals surface area contributed by atoms with Crippen LogP contribution >= 0.6 is 0 Å². The fraction of sp³-hybridized carbons (Fsp3) is 0.556. The van der Waals surface area contributed by atoms with Gasteiger partial charge in [0.25, 0.3) is 0 Å². The Bertz CT molecular complexity index is 619. The van der Waals surface area contributed by atoms with E-state index in [1.54, 1.807) is 9.80 Å². The summed E-state index contributed by atoms with van der Waals surface area (Å²) >= 11 is 0. The first-order valence-electron chi connectivity index (χ1n) is 9.08. The van der Waals surface area contributed by atoms with Gasteiger partial charge in [0.1, 0.15) is 5.82 Å². The number of anilines is 1. The number of urea groups is 2. The van der Waals surface area contributed by atoms with E-state index >= 15 is 0 Å². The van der Waals surface area contributed by atoms with E-state index in [0.717, 1.165) is 19.4 Å². The molecule has 142 valence electrons. The molecule has 1 aromatic carbocycles. The molecule has 0 bridgehead atoms. The van der Waals surface area contributed by atoms with Crippen molar-refractivity contribution in [3.63, 3.8) is 0 Å². The average Bonchev–Trinajstić information content (AvgIpc) is 3.04. The van der Waals surface area contributed by atoms with Gasteiger partial charge in [-0.1, -0.05) is 0 Å². The van der Waals surface area contributed by atoms with Crippen molar-refractivity contribution in [2.75, 3.05) is 44.6 Å². The molecular weight excluding hydrogens is 339 g/mol. The molecule has 0 aromatic heterocycles. The lowest BCUT2D eigenvalue weighted by Crippen LogP contribution is -2.45. The smallest absolute Gasteiger partial charge is 0.321 e. The molecule has 2 saturated heterocycles. The molecule has 2 N–H and O–H groups in total. The van der Waals surface area contributed by atoms with E-state index in [9.17, 15) is 14.0 Å². The van der Waals surface area contributed by atoms with Crippen LogP contribution in [0.3, 0.4) is 0 Å². The van der Waals surface area contributed by atoms with Gasteiger partial charge in [0, 0.05) is 45.0 Å². The predicted molar refractivity (Wildman–Crippen MR) is 95.6 cm³/mol. The lowest BCUT2D eigenvalue weighted by molar-refractivity contribution is 0.109. The van der Waals surface area contributed by atoms with Crippen molar-refractivity contribution in [3.8, 4) is 0 Å². The number of hydrogen-bond donors (Lipinski definition) is 2. The molecule has 4 amide bonds. The summed E-state index contributed by atoms with van der Waals surface area (Å²) in [5.74, 6) is -0.345. The zero-order valence-corrected chi connectivity index (χ0v) is 14.7. The van der Waals surface area contributed by atoms with Crippen LogP contribution in [0.15, 0.2) is 24.3 Å². The molecule has 1 atom stereocenters. The third-order valence-corrected chi connectivity index (χ3v) is 4.67. The highest BCUT2D eigenvalue weighted by molar-refractivity contribution is 5.89. The van der Waals surface area contributed by atoms with Gasteiger partial charge in [0.2, 0.25) is 0 Å². The zero-order chi connectivity index (χ0) is 18.4. The zero-order valence-electron chi connectivity index (χ0n) is 14.7. The molecule has 1 unspecified atom stereocenters. The van der Waals surface area contributed by atoms with E-state index in [1.807, 2.05) is 0 Å². The molecule has 0 spiro atoms. The Morgan fingerprint density at radius 1 is 1.04 bits per heavy atom. The number of amides is 4. The highest BCUT2D eigenvalue weighted by Crippen LogP contribution is 2.12. The normalized spacial score (nSPS) is 20.6. The summed E-state index contributed by atoms with van der Waals surface area (Å²) in [6.07, 6.45) is 2.85. The van der Waals surface area contributed by atoms with Crippen molar-refractivity contribution in [2.24, 2.45) is 0 Å². The first kappa shape index (κ1) is 18.4. The van der Waals surface area contributed by atoms with Gasteiger partial charge < -0.3 is 25.2 Å². The number of benzene rings is 1. The van der Waals surface area contributed by atoms with Crippen LogP contribution in [0.1, 0.15) is 19.3 Å². The Hall–Kier alpha value is -2.35. The lowest BCUT2D eigenvalue weighted by atomic mass is 10.2. The van der Waals surface area contributed by atoms with Gasteiger partial charge in [-0.25, -0.2) is 14.0 Å². The van der Waals surface area contributed by atoms with Crippen LogP contribution in [-0.4, -0.2) is 67.3 Å². The summed E-state index contributed by atoms with van der Waals surface area (Å²) < 4.78 is 18.4. The molecule has 2 fully saturated rings. The summed E-state index contributed by atoms with van der Waals surface area (Å²) in [5.41, 5.74) is 0.548. The predicted octanol–water partition coefficient (Wildman–Crippen LogP) is 2.25. The second-order valence-corrected chi connectivity index (χ2v) is 6.59. The summed E-state index contributed by atoms with van der Waals surface area (Å²) in [6, 6.07) is 5.31. The highest BCUT2D eigenvalue weighted by Gasteiger charge is 2.23. The number of hydrogen-bond acceptors (Lipinski definition) is 3. The Kier molecular flexibility index (Phi) is 6.27. The summed E-state index contributed by atoms with van der Waals surface area (Å²) in [7, 11) is 0. The minimum atomic E-state index is -0.345. The molecule has 2 heterocycles. The maximum atomic E-state index is 12.9. The number of nitrogens with one attached hydrogen (secondary N) is 2. The largest absolute Gasteiger partial charge is 0.376 e. The van der Waals surface area contributed by atoms with Crippen LogP contribution in [0.4, 0.5) is 19.7 Å². The maximum absolute atomic E-state index is 12.9. The van der Waals surface area contributed by atoms with E-state index in [-0.39, 0.29) is 24.0 Å². The lowest BCUT2D eigenvalue weighted by Gasteiger charge is -2.23. The third kappa shape index (κ3) is 5.08. The van der Waals surface area contributed by atoms with Crippen LogP contribution in [0.5, 0.6) is 0 Å². The molecular formula is C18H25FN4O3. The van der Waals surface area contributed by atoms with Crippen LogP contribution in [0.25, 0.3) is 0 Å². The number of halogens is 1. The summed E-state index contributed by atoms with van der Waals surface area (Å²) in [6.45, 7) is 3.42. The Balaban J connectivity index is 1.45. The molecule has 0 saturated carbocycles. The van der Waals surface area contributed by atoms with E-state index in [2.05, 4.69) is 10.6 Å². The van der Waals surface area contributed by atoms with Crippen LogP contribution in [0.2, 0.25) is 0 Å². The van der Waals surface area contributed by atoms with Gasteiger partial charge in [-0.2, -0.15) is 0 Å². The molecule has 2 aliphatic heterocycles. The molecule has 1 aromatic rings. The molecule has 3 rings (SSSR count). The van der Waals surface area contributed by atoms with Gasteiger partial charge in [-0.3, -0.25) is 0 Å². The third-order valence-electron chi connectivity index (χ3n) is 4.67. The number of rotatable bonds is 3. The van der Waals surface area contributed by atoms with Gasteiger partial charge in [-0.05, 0) is 43.5 Å². The Morgan fingerprint density at radius 2 is 1.73 bits per heavy atom. The number of ether oxygens (including phenoxy) is 1.